The highest BCUT2D eigenvalue weighted by molar-refractivity contribution is 9.10. The predicted octanol–water partition coefficient (Wildman–Crippen LogP) is 1.29. The highest BCUT2D eigenvalue weighted by atomic mass is 79.9. The van der Waals surface area contributed by atoms with Crippen LogP contribution in [-0.4, -0.2) is 16.3 Å². The number of aromatic amines is 1. The van der Waals surface area contributed by atoms with Gasteiger partial charge in [0.2, 0.25) is 0 Å². The molecule has 1 heterocycles. The Kier molecular flexibility index (Phi) is 1.66. The van der Waals surface area contributed by atoms with E-state index in [1.54, 1.807) is 6.92 Å². The van der Waals surface area contributed by atoms with Crippen molar-refractivity contribution in [2.45, 2.75) is 6.92 Å². The van der Waals surface area contributed by atoms with Crippen molar-refractivity contribution >= 4 is 22.2 Å². The van der Waals surface area contributed by atoms with E-state index < -0.39 is 0 Å². The summed E-state index contributed by atoms with van der Waals surface area (Å²) < 4.78 is 0.599. The van der Waals surface area contributed by atoms with Crippen LogP contribution in [0.2, 0.25) is 0 Å². The Hall–Kier alpha value is -0.640. The second-order valence-corrected chi connectivity index (χ2v) is 2.41. The topological polar surface area (TPSA) is 45.8 Å². The Morgan fingerprint density at radius 2 is 2.44 bits per heavy atom. The van der Waals surface area contributed by atoms with E-state index in [0.717, 1.165) is 12.0 Å². The maximum Gasteiger partial charge on any atom is 0.175 e. The summed E-state index contributed by atoms with van der Waals surface area (Å²) in [7, 11) is 0. The number of aryl methyl sites for hydroxylation is 1. The number of nitrogens with one attached hydrogen (secondary N) is 1. The molecule has 0 aliphatic carbocycles. The molecule has 0 atom stereocenters. The van der Waals surface area contributed by atoms with Gasteiger partial charge in [0, 0.05) is 5.69 Å². The van der Waals surface area contributed by atoms with E-state index in [-0.39, 0.29) is 0 Å². The van der Waals surface area contributed by atoms with E-state index in [2.05, 4.69) is 25.9 Å². The van der Waals surface area contributed by atoms with Crippen LogP contribution < -0.4 is 0 Å². The summed E-state index contributed by atoms with van der Waals surface area (Å²) in [5.74, 6) is 0. The molecule has 1 aromatic heterocycles. The number of hydrogen-bond acceptors (Lipinski definition) is 2. The number of hydrogen-bond donors (Lipinski definition) is 1. The van der Waals surface area contributed by atoms with Crippen LogP contribution in [0.15, 0.2) is 4.73 Å². The lowest BCUT2D eigenvalue weighted by Gasteiger charge is -1.78. The molecule has 4 heteroatoms. The van der Waals surface area contributed by atoms with Crippen LogP contribution in [0.4, 0.5) is 0 Å². The highest BCUT2D eigenvalue weighted by Gasteiger charge is 2.00. The van der Waals surface area contributed by atoms with Gasteiger partial charge in [-0.05, 0) is 22.9 Å². The Balaban J connectivity index is 3.15. The van der Waals surface area contributed by atoms with Gasteiger partial charge in [-0.1, -0.05) is 0 Å². The summed E-state index contributed by atoms with van der Waals surface area (Å²) in [6.07, 6.45) is 0.719. The number of carbonyl (C=O) groups excluding carboxylic acids is 1. The number of rotatable bonds is 1. The SMILES string of the molecule is Cc1[nH]c(Br)nc1C=O. The Labute approximate surface area is 60.6 Å². The van der Waals surface area contributed by atoms with Gasteiger partial charge in [-0.15, -0.1) is 0 Å². The largest absolute Gasteiger partial charge is 0.336 e. The van der Waals surface area contributed by atoms with E-state index >= 15 is 0 Å². The van der Waals surface area contributed by atoms with Crippen molar-refractivity contribution in [1.29, 1.82) is 0 Å². The molecule has 0 spiro atoms. The molecule has 0 saturated carbocycles. The van der Waals surface area contributed by atoms with E-state index in [0.29, 0.717) is 10.4 Å². The lowest BCUT2D eigenvalue weighted by molar-refractivity contribution is 0.111. The lowest BCUT2D eigenvalue weighted by atomic mass is 10.4. The third-order valence-electron chi connectivity index (χ3n) is 1.01. The lowest BCUT2D eigenvalue weighted by Crippen LogP contribution is -1.80. The first kappa shape index (κ1) is 6.48. The Bertz CT molecular complexity index is 231. The maximum atomic E-state index is 10.1. The summed E-state index contributed by atoms with van der Waals surface area (Å²) >= 11 is 3.10. The van der Waals surface area contributed by atoms with Crippen molar-refractivity contribution < 1.29 is 4.79 Å². The van der Waals surface area contributed by atoms with Gasteiger partial charge in [-0.2, -0.15) is 0 Å². The normalized spacial score (nSPS) is 9.56. The fraction of sp³-hybridized carbons (Fsp3) is 0.200. The first-order chi connectivity index (χ1) is 4.24. The second-order valence-electron chi connectivity index (χ2n) is 1.66. The molecule has 3 nitrogen and oxygen atoms in total. The molecule has 0 saturated heterocycles. The van der Waals surface area contributed by atoms with Crippen LogP contribution in [0.1, 0.15) is 16.2 Å². The average molecular weight is 189 g/mol. The van der Waals surface area contributed by atoms with Gasteiger partial charge >= 0.3 is 0 Å². The van der Waals surface area contributed by atoms with E-state index in [1.807, 2.05) is 0 Å². The monoisotopic (exact) mass is 188 g/mol. The predicted molar refractivity (Wildman–Crippen MR) is 36.4 cm³/mol. The molecule has 48 valence electrons. The number of H-pyrrole nitrogens is 1. The van der Waals surface area contributed by atoms with Crippen LogP contribution in [0.25, 0.3) is 0 Å². The Morgan fingerprint density at radius 3 is 2.67 bits per heavy atom. The first-order valence-corrected chi connectivity index (χ1v) is 3.20. The van der Waals surface area contributed by atoms with Crippen molar-refractivity contribution in [1.82, 2.24) is 9.97 Å². The summed E-state index contributed by atoms with van der Waals surface area (Å²) in [5, 5.41) is 0. The molecule has 1 rings (SSSR count). The minimum Gasteiger partial charge on any atom is -0.336 e. The zero-order valence-corrected chi connectivity index (χ0v) is 6.40. The fourth-order valence-corrected chi connectivity index (χ4v) is 1.04. The standard InChI is InChI=1S/C5H5BrN2O/c1-3-4(2-9)8-5(6)7-3/h2H,1H3,(H,7,8). The maximum absolute atomic E-state index is 10.1. The molecule has 0 aliphatic heterocycles. The van der Waals surface area contributed by atoms with Crippen molar-refractivity contribution in [2.24, 2.45) is 0 Å². The van der Waals surface area contributed by atoms with Gasteiger partial charge in [0.05, 0.1) is 0 Å². The van der Waals surface area contributed by atoms with Gasteiger partial charge < -0.3 is 4.98 Å². The molecule has 1 aromatic rings. The van der Waals surface area contributed by atoms with Crippen LogP contribution >= 0.6 is 15.9 Å². The summed E-state index contributed by atoms with van der Waals surface area (Å²) in [6.45, 7) is 1.79. The van der Waals surface area contributed by atoms with E-state index in [4.69, 9.17) is 0 Å². The molecular formula is C5H5BrN2O. The van der Waals surface area contributed by atoms with Crippen molar-refractivity contribution in [3.8, 4) is 0 Å². The third kappa shape index (κ3) is 1.18. The number of carbonyl (C=O) groups is 1. The quantitative estimate of drug-likeness (QED) is 0.676. The van der Waals surface area contributed by atoms with Gasteiger partial charge in [0.25, 0.3) is 0 Å². The summed E-state index contributed by atoms with van der Waals surface area (Å²) in [4.78, 5) is 16.8. The number of aldehydes is 1. The molecule has 0 fully saturated rings. The van der Waals surface area contributed by atoms with E-state index in [9.17, 15) is 4.79 Å². The second kappa shape index (κ2) is 2.31. The van der Waals surface area contributed by atoms with Crippen molar-refractivity contribution in [3.63, 3.8) is 0 Å². The third-order valence-corrected chi connectivity index (χ3v) is 1.38. The van der Waals surface area contributed by atoms with Gasteiger partial charge in [0.1, 0.15) is 5.69 Å². The smallest absolute Gasteiger partial charge is 0.175 e. The summed E-state index contributed by atoms with van der Waals surface area (Å²) in [6, 6.07) is 0. The molecule has 0 radical (unpaired) electrons. The van der Waals surface area contributed by atoms with Crippen LogP contribution in [0, 0.1) is 6.92 Å². The minimum absolute atomic E-state index is 0.460. The molecule has 1 N–H and O–H groups in total. The van der Waals surface area contributed by atoms with Crippen molar-refractivity contribution in [3.05, 3.63) is 16.1 Å². The minimum atomic E-state index is 0.460. The fourth-order valence-electron chi connectivity index (χ4n) is 0.551. The molecule has 0 aliphatic rings. The van der Waals surface area contributed by atoms with Gasteiger partial charge in [0.15, 0.2) is 11.0 Å². The molecule has 0 amide bonds. The molecule has 9 heavy (non-hydrogen) atoms. The molecule has 0 aromatic carbocycles. The average Bonchev–Trinajstić information content (AvgIpc) is 2.10. The number of aromatic nitrogens is 2. The molecular weight excluding hydrogens is 184 g/mol. The first-order valence-electron chi connectivity index (χ1n) is 2.41. The Morgan fingerprint density at radius 1 is 1.78 bits per heavy atom. The zero-order valence-electron chi connectivity index (χ0n) is 4.81. The number of halogens is 1. The highest BCUT2D eigenvalue weighted by Crippen LogP contribution is 2.06. The molecule has 0 unspecified atom stereocenters. The van der Waals surface area contributed by atoms with Crippen LogP contribution in [0.3, 0.4) is 0 Å². The number of nitrogens with zero attached hydrogens (tertiary/aromatic N) is 1. The number of imidazole rings is 1. The van der Waals surface area contributed by atoms with E-state index in [1.165, 1.54) is 0 Å². The zero-order chi connectivity index (χ0) is 6.85. The van der Waals surface area contributed by atoms with Gasteiger partial charge in [-0.3, -0.25) is 4.79 Å². The summed E-state index contributed by atoms with van der Waals surface area (Å²) in [5.41, 5.74) is 1.25. The van der Waals surface area contributed by atoms with Crippen LogP contribution in [0.5, 0.6) is 0 Å². The van der Waals surface area contributed by atoms with Crippen LogP contribution in [-0.2, 0) is 0 Å². The van der Waals surface area contributed by atoms with Gasteiger partial charge in [-0.25, -0.2) is 4.98 Å². The van der Waals surface area contributed by atoms with Crippen molar-refractivity contribution in [2.75, 3.05) is 0 Å². The molecule has 0 bridgehead atoms.